The Labute approximate surface area is 262 Å². The average Bonchev–Trinajstić information content (AvgIpc) is 2.93. The number of carbonyl (C=O) groups excluding carboxylic acids is 1. The third-order valence-electron chi connectivity index (χ3n) is 6.06. The van der Waals surface area contributed by atoms with Gasteiger partial charge in [0, 0.05) is 13.0 Å². The van der Waals surface area contributed by atoms with Crippen LogP contribution in [0.2, 0.25) is 0 Å². The molecule has 0 aliphatic rings. The van der Waals surface area contributed by atoms with Gasteiger partial charge in [-0.3, -0.25) is 13.8 Å². The van der Waals surface area contributed by atoms with Crippen LogP contribution in [0.15, 0.2) is 60.8 Å². The number of phosphoric acid groups is 1. The number of rotatable bonds is 28. The summed E-state index contributed by atoms with van der Waals surface area (Å²) in [5.41, 5.74) is 0. The van der Waals surface area contributed by atoms with Crippen LogP contribution in [0.25, 0.3) is 0 Å². The van der Waals surface area contributed by atoms with E-state index in [1.165, 1.54) is 0 Å². The summed E-state index contributed by atoms with van der Waals surface area (Å²) in [5.74, 6) is -0.381. The van der Waals surface area contributed by atoms with Crippen LogP contribution in [0.3, 0.4) is 0 Å². The summed E-state index contributed by atoms with van der Waals surface area (Å²) in [6, 6.07) is 0. The number of hydrogen-bond acceptors (Lipinski definition) is 6. The Morgan fingerprint density at radius 1 is 0.744 bits per heavy atom. The van der Waals surface area contributed by atoms with Crippen LogP contribution in [0.4, 0.5) is 0 Å². The minimum Gasteiger partial charge on any atom is -0.457 e. The molecule has 0 aliphatic carbocycles. The molecule has 0 amide bonds. The summed E-state index contributed by atoms with van der Waals surface area (Å²) in [6.45, 7) is 5.03. The standard InChI is InChI=1S/C34H60NO7P/c1-6-8-9-10-11-12-13-14-15-16-17-18-19-20-21-22-23-24-25-26-29-39-31-33(42-34(36)27-7-2)32-41-43(37,38)40-30-28-35(3,4)5/h8-9,11-12,14-15,17-18,20-21,33H,6-7,10,13,16,19,22-32H2,1-5H3/p+1/b9-8-,12-11-,15-14-,18-17-,21-20-. The van der Waals surface area contributed by atoms with E-state index in [4.69, 9.17) is 18.5 Å². The highest BCUT2D eigenvalue weighted by Gasteiger charge is 2.26. The van der Waals surface area contributed by atoms with Crippen molar-refractivity contribution in [3.05, 3.63) is 60.8 Å². The molecule has 0 radical (unpaired) electrons. The first-order valence-electron chi connectivity index (χ1n) is 16.0. The first kappa shape index (κ1) is 41.2. The number of ether oxygens (including phenoxy) is 2. The second-order valence-electron chi connectivity index (χ2n) is 11.5. The van der Waals surface area contributed by atoms with Gasteiger partial charge in [-0.25, -0.2) is 4.57 Å². The number of likely N-dealkylation sites (N-methyl/N-ethyl adjacent to an activating group) is 1. The van der Waals surface area contributed by atoms with Crippen molar-refractivity contribution >= 4 is 13.8 Å². The van der Waals surface area contributed by atoms with Crippen molar-refractivity contribution in [1.29, 1.82) is 0 Å². The van der Waals surface area contributed by atoms with Gasteiger partial charge in [0.2, 0.25) is 0 Å². The molecule has 0 saturated carbocycles. The molecule has 0 aromatic rings. The van der Waals surface area contributed by atoms with E-state index in [2.05, 4.69) is 67.7 Å². The predicted molar refractivity (Wildman–Crippen MR) is 178 cm³/mol. The maximum Gasteiger partial charge on any atom is 0.472 e. The number of esters is 1. The lowest BCUT2D eigenvalue weighted by molar-refractivity contribution is -0.870. The van der Waals surface area contributed by atoms with Crippen molar-refractivity contribution < 1.29 is 37.3 Å². The van der Waals surface area contributed by atoms with Crippen molar-refractivity contribution in [2.75, 3.05) is 54.1 Å². The van der Waals surface area contributed by atoms with Crippen molar-refractivity contribution in [2.45, 2.75) is 97.0 Å². The van der Waals surface area contributed by atoms with Gasteiger partial charge in [-0.2, -0.15) is 0 Å². The maximum atomic E-state index is 12.2. The van der Waals surface area contributed by atoms with Crippen LogP contribution in [0, 0.1) is 0 Å². The highest BCUT2D eigenvalue weighted by Crippen LogP contribution is 2.43. The number of quaternary nitrogens is 1. The summed E-state index contributed by atoms with van der Waals surface area (Å²) in [7, 11) is 1.63. The summed E-state index contributed by atoms with van der Waals surface area (Å²) in [5, 5.41) is 0. The van der Waals surface area contributed by atoms with E-state index in [0.717, 1.165) is 64.2 Å². The van der Waals surface area contributed by atoms with Gasteiger partial charge >= 0.3 is 13.8 Å². The molecule has 0 rings (SSSR count). The molecule has 0 aromatic heterocycles. The first-order valence-corrected chi connectivity index (χ1v) is 17.5. The van der Waals surface area contributed by atoms with Gasteiger partial charge in [-0.05, 0) is 57.8 Å². The molecule has 1 N–H and O–H groups in total. The number of carbonyl (C=O) groups is 1. The summed E-state index contributed by atoms with van der Waals surface area (Å²) < 4.78 is 34.0. The van der Waals surface area contributed by atoms with Crippen LogP contribution in [0.1, 0.15) is 90.9 Å². The van der Waals surface area contributed by atoms with Gasteiger partial charge in [-0.1, -0.05) is 87.4 Å². The Morgan fingerprint density at radius 2 is 1.30 bits per heavy atom. The number of allylic oxidation sites excluding steroid dienone is 10. The van der Waals surface area contributed by atoms with Gasteiger partial charge in [0.25, 0.3) is 0 Å². The Bertz CT molecular complexity index is 874. The minimum atomic E-state index is -4.25. The predicted octanol–water partition coefficient (Wildman–Crippen LogP) is 8.26. The lowest BCUT2D eigenvalue weighted by Crippen LogP contribution is -2.37. The Kier molecular flexibility index (Phi) is 26.6. The lowest BCUT2D eigenvalue weighted by Gasteiger charge is -2.24. The van der Waals surface area contributed by atoms with Gasteiger partial charge in [0.1, 0.15) is 19.3 Å². The van der Waals surface area contributed by atoms with Gasteiger partial charge in [0.15, 0.2) is 0 Å². The third kappa shape index (κ3) is 31.4. The minimum absolute atomic E-state index is 0.0785. The summed E-state index contributed by atoms with van der Waals surface area (Å²) >= 11 is 0. The molecule has 0 bridgehead atoms. The SMILES string of the molecule is CC/C=C\C/C=C\C/C=C\C/C=C\C/C=C\CCCCCCOCC(COP(=O)(O)OCC[N+](C)(C)C)OC(=O)CCC. The van der Waals surface area contributed by atoms with E-state index in [-0.39, 0.29) is 32.2 Å². The van der Waals surface area contributed by atoms with Gasteiger partial charge < -0.3 is 18.9 Å². The fourth-order valence-electron chi connectivity index (χ4n) is 3.61. The summed E-state index contributed by atoms with van der Waals surface area (Å²) in [4.78, 5) is 21.9. The van der Waals surface area contributed by atoms with Crippen molar-refractivity contribution in [3.8, 4) is 0 Å². The maximum absolute atomic E-state index is 12.2. The highest BCUT2D eigenvalue weighted by atomic mass is 31.2. The van der Waals surface area contributed by atoms with Gasteiger partial charge in [0.05, 0.1) is 34.4 Å². The zero-order valence-electron chi connectivity index (χ0n) is 27.7. The Morgan fingerprint density at radius 3 is 1.86 bits per heavy atom. The zero-order chi connectivity index (χ0) is 32.1. The van der Waals surface area contributed by atoms with Crippen LogP contribution in [0.5, 0.6) is 0 Å². The van der Waals surface area contributed by atoms with Crippen molar-refractivity contribution in [1.82, 2.24) is 0 Å². The molecule has 0 aromatic carbocycles. The highest BCUT2D eigenvalue weighted by molar-refractivity contribution is 7.47. The molecule has 248 valence electrons. The first-order chi connectivity index (χ1) is 20.6. The van der Waals surface area contributed by atoms with E-state index in [1.807, 2.05) is 28.1 Å². The van der Waals surface area contributed by atoms with Crippen LogP contribution >= 0.6 is 7.82 Å². The fourth-order valence-corrected chi connectivity index (χ4v) is 4.35. The molecule has 9 heteroatoms. The summed E-state index contributed by atoms with van der Waals surface area (Å²) in [6.07, 6.45) is 32.6. The molecule has 0 spiro atoms. The monoisotopic (exact) mass is 626 g/mol. The van der Waals surface area contributed by atoms with Gasteiger partial charge in [-0.15, -0.1) is 0 Å². The molecular formula is C34H61NO7P+. The number of hydrogen-bond donors (Lipinski definition) is 1. The molecule has 0 aliphatic heterocycles. The van der Waals surface area contributed by atoms with E-state index < -0.39 is 13.9 Å². The fraction of sp³-hybridized carbons (Fsp3) is 0.676. The smallest absolute Gasteiger partial charge is 0.457 e. The molecule has 2 atom stereocenters. The van der Waals surface area contributed by atoms with E-state index in [0.29, 0.717) is 24.1 Å². The Balaban J connectivity index is 4.01. The molecule has 43 heavy (non-hydrogen) atoms. The average molecular weight is 627 g/mol. The quantitative estimate of drug-likeness (QED) is 0.0307. The zero-order valence-corrected chi connectivity index (χ0v) is 28.6. The number of nitrogens with zero attached hydrogens (tertiary/aromatic N) is 1. The van der Waals surface area contributed by atoms with Crippen LogP contribution in [-0.2, 0) is 27.9 Å². The Hall–Kier alpha value is -1.80. The second kappa shape index (κ2) is 27.7. The van der Waals surface area contributed by atoms with Crippen LogP contribution < -0.4 is 0 Å². The molecule has 0 fully saturated rings. The molecular weight excluding hydrogens is 565 g/mol. The molecule has 2 unspecified atom stereocenters. The largest absolute Gasteiger partial charge is 0.472 e. The second-order valence-corrected chi connectivity index (χ2v) is 12.9. The number of unbranched alkanes of at least 4 members (excludes halogenated alkanes) is 4. The lowest BCUT2D eigenvalue weighted by atomic mass is 10.1. The number of phosphoric ester groups is 1. The normalized spacial score (nSPS) is 15.0. The molecule has 0 saturated heterocycles. The third-order valence-corrected chi connectivity index (χ3v) is 7.05. The van der Waals surface area contributed by atoms with E-state index in [1.54, 1.807) is 0 Å². The topological polar surface area (TPSA) is 91.3 Å². The van der Waals surface area contributed by atoms with Crippen molar-refractivity contribution in [3.63, 3.8) is 0 Å². The van der Waals surface area contributed by atoms with Crippen molar-refractivity contribution in [2.24, 2.45) is 0 Å². The van der Waals surface area contributed by atoms with Crippen LogP contribution in [-0.4, -0.2) is 75.6 Å². The van der Waals surface area contributed by atoms with E-state index in [9.17, 15) is 14.3 Å². The van der Waals surface area contributed by atoms with E-state index >= 15 is 0 Å². The molecule has 0 heterocycles. The molecule has 8 nitrogen and oxygen atoms in total.